The summed E-state index contributed by atoms with van der Waals surface area (Å²) < 4.78 is 5.45. The molecule has 0 saturated carbocycles. The number of carbonyl (C=O) groups is 2. The molecule has 0 aliphatic carbocycles. The summed E-state index contributed by atoms with van der Waals surface area (Å²) in [7, 11) is 0. The summed E-state index contributed by atoms with van der Waals surface area (Å²) in [5.41, 5.74) is 5.33. The van der Waals surface area contributed by atoms with Gasteiger partial charge in [-0.05, 0) is 68.7 Å². The highest BCUT2D eigenvalue weighted by Crippen LogP contribution is 2.16. The van der Waals surface area contributed by atoms with E-state index in [1.165, 1.54) is 23.6 Å². The zero-order valence-electron chi connectivity index (χ0n) is 14.6. The van der Waals surface area contributed by atoms with Crippen LogP contribution in [0.25, 0.3) is 0 Å². The van der Waals surface area contributed by atoms with E-state index >= 15 is 0 Å². The molecule has 2 aromatic rings. The van der Waals surface area contributed by atoms with Gasteiger partial charge in [0.25, 0.3) is 5.91 Å². The molecule has 0 aliphatic rings. The highest BCUT2D eigenvalue weighted by molar-refractivity contribution is 5.94. The van der Waals surface area contributed by atoms with Crippen LogP contribution in [0.5, 0.6) is 5.75 Å². The Morgan fingerprint density at radius 1 is 1.00 bits per heavy atom. The predicted molar refractivity (Wildman–Crippen MR) is 94.4 cm³/mol. The lowest BCUT2D eigenvalue weighted by Crippen LogP contribution is -2.29. The molecule has 0 atom stereocenters. The molecule has 0 saturated heterocycles. The second kappa shape index (κ2) is 7.77. The Balaban J connectivity index is 1.87. The minimum Gasteiger partial charge on any atom is -0.484 e. The molecule has 1 amide bonds. The topological polar surface area (TPSA) is 55.4 Å². The second-order valence-electron chi connectivity index (χ2n) is 6.02. The molecular formula is C20H23NO3. The second-order valence-corrected chi connectivity index (χ2v) is 6.02. The van der Waals surface area contributed by atoms with E-state index in [-0.39, 0.29) is 18.3 Å². The summed E-state index contributed by atoms with van der Waals surface area (Å²) in [5.74, 6) is 0.394. The molecule has 0 heterocycles. The van der Waals surface area contributed by atoms with Crippen molar-refractivity contribution in [3.8, 4) is 5.75 Å². The van der Waals surface area contributed by atoms with Gasteiger partial charge in [-0.3, -0.25) is 9.59 Å². The SMILES string of the molecule is CC(=O)c1ccc(OCC(=O)NCc2c(C)cc(C)cc2C)cc1. The molecule has 0 aliphatic heterocycles. The summed E-state index contributed by atoms with van der Waals surface area (Å²) in [4.78, 5) is 23.2. The lowest BCUT2D eigenvalue weighted by atomic mass is 10.00. The Hall–Kier alpha value is -2.62. The monoisotopic (exact) mass is 325 g/mol. The maximum atomic E-state index is 12.0. The van der Waals surface area contributed by atoms with Crippen LogP contribution in [0.15, 0.2) is 36.4 Å². The molecule has 2 rings (SSSR count). The largest absolute Gasteiger partial charge is 0.484 e. The van der Waals surface area contributed by atoms with Gasteiger partial charge in [-0.1, -0.05) is 17.7 Å². The Kier molecular flexibility index (Phi) is 5.74. The van der Waals surface area contributed by atoms with Gasteiger partial charge in [-0.15, -0.1) is 0 Å². The zero-order chi connectivity index (χ0) is 17.7. The van der Waals surface area contributed by atoms with Crippen molar-refractivity contribution in [3.05, 3.63) is 64.2 Å². The van der Waals surface area contributed by atoms with Crippen LogP contribution in [0, 0.1) is 20.8 Å². The van der Waals surface area contributed by atoms with Gasteiger partial charge in [0, 0.05) is 12.1 Å². The van der Waals surface area contributed by atoms with Crippen molar-refractivity contribution in [2.24, 2.45) is 0 Å². The van der Waals surface area contributed by atoms with Gasteiger partial charge < -0.3 is 10.1 Å². The summed E-state index contributed by atoms with van der Waals surface area (Å²) in [5, 5.41) is 2.88. The number of nitrogens with one attached hydrogen (secondary N) is 1. The van der Waals surface area contributed by atoms with E-state index in [9.17, 15) is 9.59 Å². The van der Waals surface area contributed by atoms with E-state index in [0.717, 1.165) is 5.56 Å². The van der Waals surface area contributed by atoms with Crippen LogP contribution in [0.3, 0.4) is 0 Å². The molecule has 0 aromatic heterocycles. The van der Waals surface area contributed by atoms with E-state index in [4.69, 9.17) is 4.74 Å². The van der Waals surface area contributed by atoms with E-state index in [1.54, 1.807) is 24.3 Å². The first-order valence-electron chi connectivity index (χ1n) is 7.94. The van der Waals surface area contributed by atoms with Crippen molar-refractivity contribution in [2.75, 3.05) is 6.61 Å². The number of aryl methyl sites for hydroxylation is 3. The van der Waals surface area contributed by atoms with Gasteiger partial charge in [-0.25, -0.2) is 0 Å². The Morgan fingerprint density at radius 2 is 1.58 bits per heavy atom. The number of benzene rings is 2. The van der Waals surface area contributed by atoms with E-state index < -0.39 is 0 Å². The summed E-state index contributed by atoms with van der Waals surface area (Å²) in [6.45, 7) is 8.11. The summed E-state index contributed by atoms with van der Waals surface area (Å²) >= 11 is 0. The minimum absolute atomic E-state index is 0.00290. The molecule has 0 fully saturated rings. The third-order valence-electron chi connectivity index (χ3n) is 3.93. The maximum Gasteiger partial charge on any atom is 0.258 e. The molecule has 0 bridgehead atoms. The van der Waals surface area contributed by atoms with Crippen LogP contribution >= 0.6 is 0 Å². The number of amides is 1. The molecule has 4 heteroatoms. The summed E-state index contributed by atoms with van der Waals surface area (Å²) in [6, 6.07) is 11.0. The first kappa shape index (κ1) is 17.7. The molecule has 24 heavy (non-hydrogen) atoms. The van der Waals surface area contributed by atoms with Gasteiger partial charge in [0.05, 0.1) is 0 Å². The van der Waals surface area contributed by atoms with E-state index in [1.807, 2.05) is 0 Å². The van der Waals surface area contributed by atoms with E-state index in [2.05, 4.69) is 38.2 Å². The lowest BCUT2D eigenvalue weighted by Gasteiger charge is -2.13. The standard InChI is InChI=1S/C20H23NO3/c1-13-9-14(2)19(15(3)10-13)11-21-20(23)12-24-18-7-5-17(6-8-18)16(4)22/h5-10H,11-12H2,1-4H3,(H,21,23). The van der Waals surface area contributed by atoms with Gasteiger partial charge in [-0.2, -0.15) is 0 Å². The predicted octanol–water partition coefficient (Wildman–Crippen LogP) is 3.51. The number of carbonyl (C=O) groups excluding carboxylic acids is 2. The van der Waals surface area contributed by atoms with Crippen LogP contribution in [-0.2, 0) is 11.3 Å². The zero-order valence-corrected chi connectivity index (χ0v) is 14.6. The Bertz CT molecular complexity index is 725. The molecule has 0 unspecified atom stereocenters. The van der Waals surface area contributed by atoms with Crippen LogP contribution in [-0.4, -0.2) is 18.3 Å². The molecular weight excluding hydrogens is 302 g/mol. The molecule has 2 aromatic carbocycles. The third-order valence-corrected chi connectivity index (χ3v) is 3.93. The fourth-order valence-electron chi connectivity index (χ4n) is 2.66. The molecule has 1 N–H and O–H groups in total. The van der Waals surface area contributed by atoms with Crippen LogP contribution in [0.2, 0.25) is 0 Å². The van der Waals surface area contributed by atoms with Crippen LogP contribution in [0.1, 0.15) is 39.5 Å². The van der Waals surface area contributed by atoms with Gasteiger partial charge in [0.1, 0.15) is 5.75 Å². The van der Waals surface area contributed by atoms with Gasteiger partial charge >= 0.3 is 0 Å². The lowest BCUT2D eigenvalue weighted by molar-refractivity contribution is -0.123. The average molecular weight is 325 g/mol. The van der Waals surface area contributed by atoms with Crippen molar-refractivity contribution >= 4 is 11.7 Å². The van der Waals surface area contributed by atoms with Gasteiger partial charge in [0.15, 0.2) is 12.4 Å². The van der Waals surface area contributed by atoms with Crippen molar-refractivity contribution in [1.82, 2.24) is 5.32 Å². The third kappa shape index (κ3) is 4.69. The summed E-state index contributed by atoms with van der Waals surface area (Å²) in [6.07, 6.45) is 0. The van der Waals surface area contributed by atoms with Crippen molar-refractivity contribution in [3.63, 3.8) is 0 Å². The van der Waals surface area contributed by atoms with Crippen molar-refractivity contribution in [1.29, 1.82) is 0 Å². The Morgan fingerprint density at radius 3 is 2.12 bits per heavy atom. The fraction of sp³-hybridized carbons (Fsp3) is 0.300. The smallest absolute Gasteiger partial charge is 0.258 e. The highest BCUT2D eigenvalue weighted by Gasteiger charge is 2.07. The molecule has 126 valence electrons. The number of ketones is 1. The number of hydrogen-bond acceptors (Lipinski definition) is 3. The first-order chi connectivity index (χ1) is 11.4. The normalized spacial score (nSPS) is 10.3. The fourth-order valence-corrected chi connectivity index (χ4v) is 2.66. The average Bonchev–Trinajstić information content (AvgIpc) is 2.52. The number of rotatable bonds is 6. The quantitative estimate of drug-likeness (QED) is 0.827. The maximum absolute atomic E-state index is 12.0. The van der Waals surface area contributed by atoms with Crippen LogP contribution in [0.4, 0.5) is 0 Å². The highest BCUT2D eigenvalue weighted by atomic mass is 16.5. The Labute approximate surface area is 142 Å². The van der Waals surface area contributed by atoms with Crippen molar-refractivity contribution in [2.45, 2.75) is 34.2 Å². The van der Waals surface area contributed by atoms with Gasteiger partial charge in [0.2, 0.25) is 0 Å². The minimum atomic E-state index is -0.176. The number of Topliss-reactive ketones (excluding diaryl/α,β-unsaturated/α-hetero) is 1. The molecule has 4 nitrogen and oxygen atoms in total. The van der Waals surface area contributed by atoms with Crippen molar-refractivity contribution < 1.29 is 14.3 Å². The number of hydrogen-bond donors (Lipinski definition) is 1. The van der Waals surface area contributed by atoms with E-state index in [0.29, 0.717) is 17.9 Å². The number of ether oxygens (including phenoxy) is 1. The first-order valence-corrected chi connectivity index (χ1v) is 7.94. The molecule has 0 radical (unpaired) electrons. The van der Waals surface area contributed by atoms with Crippen LogP contribution < -0.4 is 10.1 Å². The molecule has 0 spiro atoms.